The van der Waals surface area contributed by atoms with Gasteiger partial charge in [0.15, 0.2) is 0 Å². The van der Waals surface area contributed by atoms with Crippen LogP contribution in [0.25, 0.3) is 11.0 Å². The summed E-state index contributed by atoms with van der Waals surface area (Å²) in [5, 5.41) is 3.36. The van der Waals surface area contributed by atoms with Crippen LogP contribution in [0.15, 0.2) is 36.9 Å². The molecule has 3 aromatic rings. The van der Waals surface area contributed by atoms with E-state index in [1.807, 2.05) is 12.1 Å². The summed E-state index contributed by atoms with van der Waals surface area (Å²) in [6.45, 7) is 0. The summed E-state index contributed by atoms with van der Waals surface area (Å²) in [7, 11) is 0. The lowest BCUT2D eigenvalue weighted by Crippen LogP contribution is -2.31. The fourth-order valence-corrected chi connectivity index (χ4v) is 3.25. The summed E-state index contributed by atoms with van der Waals surface area (Å²) < 4.78 is 6.21. The molecule has 0 unspecified atom stereocenters. The molecular weight excluding hydrogens is 330 g/mol. The monoisotopic (exact) mass is 351 g/mol. The maximum absolute atomic E-state index is 6.21. The van der Waals surface area contributed by atoms with E-state index in [1.54, 1.807) is 24.8 Å². The van der Waals surface area contributed by atoms with E-state index in [-0.39, 0.29) is 6.10 Å². The van der Waals surface area contributed by atoms with Gasteiger partial charge in [0.05, 0.1) is 29.7 Å². The first kappa shape index (κ1) is 16.3. The molecule has 26 heavy (non-hydrogen) atoms. The average Bonchev–Trinajstić information content (AvgIpc) is 2.65. The van der Waals surface area contributed by atoms with Crippen molar-refractivity contribution in [3.8, 4) is 5.75 Å². The van der Waals surface area contributed by atoms with E-state index in [9.17, 15) is 0 Å². The second kappa shape index (κ2) is 6.99. The Morgan fingerprint density at radius 3 is 2.38 bits per heavy atom. The fraction of sp³-hybridized carbons (Fsp3) is 0.333. The Morgan fingerprint density at radius 1 is 0.885 bits per heavy atom. The normalized spacial score (nSPS) is 20.0. The molecule has 0 bridgehead atoms. The van der Waals surface area contributed by atoms with E-state index >= 15 is 0 Å². The van der Waals surface area contributed by atoms with Gasteiger partial charge in [-0.05, 0) is 31.7 Å². The lowest BCUT2D eigenvalue weighted by atomic mass is 9.93. The van der Waals surface area contributed by atoms with Gasteiger partial charge < -0.3 is 21.5 Å². The van der Waals surface area contributed by atoms with Crippen LogP contribution in [0.3, 0.4) is 0 Å². The smallest absolute Gasteiger partial charge is 0.222 e. The summed E-state index contributed by atoms with van der Waals surface area (Å²) >= 11 is 0. The third-order valence-corrected chi connectivity index (χ3v) is 4.53. The lowest BCUT2D eigenvalue weighted by molar-refractivity contribution is 0.152. The van der Waals surface area contributed by atoms with E-state index in [4.69, 9.17) is 16.2 Å². The summed E-state index contributed by atoms with van der Waals surface area (Å²) in [6, 6.07) is 3.96. The summed E-state index contributed by atoms with van der Waals surface area (Å²) in [5.74, 6) is 1.31. The zero-order valence-electron chi connectivity index (χ0n) is 14.3. The van der Waals surface area contributed by atoms with E-state index in [0.717, 1.165) is 36.7 Å². The first-order valence-corrected chi connectivity index (χ1v) is 8.68. The van der Waals surface area contributed by atoms with Crippen molar-refractivity contribution in [2.24, 2.45) is 0 Å². The van der Waals surface area contributed by atoms with Crippen molar-refractivity contribution < 1.29 is 4.74 Å². The minimum absolute atomic E-state index is 0.132. The SMILES string of the molecule is Nc1cnc(NC2CCC(Oc3cc(N)cc4nccnc34)CC2)nc1. The first-order chi connectivity index (χ1) is 12.7. The molecule has 5 N–H and O–H groups in total. The molecule has 0 radical (unpaired) electrons. The van der Waals surface area contributed by atoms with Crippen molar-refractivity contribution in [1.29, 1.82) is 0 Å². The molecular formula is C18H21N7O. The molecule has 1 fully saturated rings. The molecule has 4 rings (SSSR count). The number of hydrogen-bond donors (Lipinski definition) is 3. The van der Waals surface area contributed by atoms with Crippen molar-refractivity contribution >= 4 is 28.4 Å². The molecule has 0 aliphatic heterocycles. The standard InChI is InChI=1S/C18H21N7O/c19-11-7-15-17(22-6-5-21-15)16(8-11)26-14-3-1-13(2-4-14)25-18-23-9-12(20)10-24-18/h5-10,13-14H,1-4,19-20H2,(H,23,24,25). The highest BCUT2D eigenvalue weighted by atomic mass is 16.5. The zero-order valence-corrected chi connectivity index (χ0v) is 14.3. The second-order valence-electron chi connectivity index (χ2n) is 6.52. The number of anilines is 3. The van der Waals surface area contributed by atoms with Crippen LogP contribution >= 0.6 is 0 Å². The molecule has 2 aromatic heterocycles. The van der Waals surface area contributed by atoms with E-state index in [2.05, 4.69) is 25.3 Å². The van der Waals surface area contributed by atoms with Crippen LogP contribution in [0, 0.1) is 0 Å². The number of aromatic nitrogens is 4. The highest BCUT2D eigenvalue weighted by Crippen LogP contribution is 2.30. The predicted octanol–water partition coefficient (Wildman–Crippen LogP) is 2.39. The zero-order chi connectivity index (χ0) is 17.9. The Morgan fingerprint density at radius 2 is 1.62 bits per heavy atom. The molecule has 0 atom stereocenters. The van der Waals surface area contributed by atoms with E-state index in [1.165, 1.54) is 0 Å². The fourth-order valence-electron chi connectivity index (χ4n) is 3.25. The van der Waals surface area contributed by atoms with Crippen LogP contribution in [-0.2, 0) is 0 Å². The van der Waals surface area contributed by atoms with Gasteiger partial charge in [-0.2, -0.15) is 0 Å². The number of fused-ring (bicyclic) bond motifs is 1. The van der Waals surface area contributed by atoms with E-state index in [0.29, 0.717) is 29.1 Å². The van der Waals surface area contributed by atoms with Crippen LogP contribution in [0.4, 0.5) is 17.3 Å². The predicted molar refractivity (Wildman–Crippen MR) is 101 cm³/mol. The van der Waals surface area contributed by atoms with Gasteiger partial charge >= 0.3 is 0 Å². The topological polar surface area (TPSA) is 125 Å². The van der Waals surface area contributed by atoms with Crippen molar-refractivity contribution in [3.05, 3.63) is 36.9 Å². The van der Waals surface area contributed by atoms with Crippen LogP contribution in [-0.4, -0.2) is 32.1 Å². The average molecular weight is 351 g/mol. The number of rotatable bonds is 4. The summed E-state index contributed by atoms with van der Waals surface area (Å²) in [4.78, 5) is 17.1. The molecule has 134 valence electrons. The summed E-state index contributed by atoms with van der Waals surface area (Å²) in [5.41, 5.74) is 14.3. The highest BCUT2D eigenvalue weighted by Gasteiger charge is 2.23. The van der Waals surface area contributed by atoms with Crippen molar-refractivity contribution in [2.45, 2.75) is 37.8 Å². The summed E-state index contributed by atoms with van der Waals surface area (Å²) in [6.07, 6.45) is 10.5. The first-order valence-electron chi connectivity index (χ1n) is 8.68. The minimum Gasteiger partial charge on any atom is -0.488 e. The Bertz CT molecular complexity index is 892. The quantitative estimate of drug-likeness (QED) is 0.612. The van der Waals surface area contributed by atoms with Gasteiger partial charge in [-0.25, -0.2) is 15.0 Å². The third kappa shape index (κ3) is 3.58. The molecule has 0 saturated heterocycles. The Kier molecular flexibility index (Phi) is 4.39. The second-order valence-corrected chi connectivity index (χ2v) is 6.52. The highest BCUT2D eigenvalue weighted by molar-refractivity contribution is 5.84. The van der Waals surface area contributed by atoms with Gasteiger partial charge in [0.25, 0.3) is 0 Å². The van der Waals surface area contributed by atoms with Crippen LogP contribution in [0.2, 0.25) is 0 Å². The maximum Gasteiger partial charge on any atom is 0.222 e. The van der Waals surface area contributed by atoms with Crippen molar-refractivity contribution in [3.63, 3.8) is 0 Å². The van der Waals surface area contributed by atoms with Gasteiger partial charge in [-0.1, -0.05) is 0 Å². The van der Waals surface area contributed by atoms with Crippen LogP contribution in [0.5, 0.6) is 5.75 Å². The number of nitrogen functional groups attached to an aromatic ring is 2. The lowest BCUT2D eigenvalue weighted by Gasteiger charge is -2.29. The van der Waals surface area contributed by atoms with Gasteiger partial charge in [0, 0.05) is 30.2 Å². The molecule has 1 aliphatic carbocycles. The van der Waals surface area contributed by atoms with Gasteiger partial charge in [0.1, 0.15) is 11.3 Å². The number of nitrogens with two attached hydrogens (primary N) is 2. The molecule has 8 heteroatoms. The number of nitrogens with one attached hydrogen (secondary N) is 1. The molecule has 1 saturated carbocycles. The Labute approximate surface area is 151 Å². The van der Waals surface area contributed by atoms with Crippen molar-refractivity contribution in [2.75, 3.05) is 16.8 Å². The number of nitrogens with zero attached hydrogens (tertiary/aromatic N) is 4. The Hall–Kier alpha value is -3.16. The number of hydrogen-bond acceptors (Lipinski definition) is 8. The van der Waals surface area contributed by atoms with Gasteiger partial charge in [-0.3, -0.25) is 4.98 Å². The molecule has 1 aromatic carbocycles. The molecule has 8 nitrogen and oxygen atoms in total. The maximum atomic E-state index is 6.21. The van der Waals surface area contributed by atoms with Crippen LogP contribution in [0.1, 0.15) is 25.7 Å². The third-order valence-electron chi connectivity index (χ3n) is 4.53. The molecule has 1 aliphatic rings. The molecule has 0 spiro atoms. The van der Waals surface area contributed by atoms with Gasteiger partial charge in [-0.15, -0.1) is 0 Å². The van der Waals surface area contributed by atoms with Crippen molar-refractivity contribution in [1.82, 2.24) is 19.9 Å². The Balaban J connectivity index is 1.39. The van der Waals surface area contributed by atoms with Crippen LogP contribution < -0.4 is 21.5 Å². The van der Waals surface area contributed by atoms with E-state index < -0.39 is 0 Å². The largest absolute Gasteiger partial charge is 0.488 e. The van der Waals surface area contributed by atoms with Gasteiger partial charge in [0.2, 0.25) is 5.95 Å². The minimum atomic E-state index is 0.132. The number of ether oxygens (including phenoxy) is 1. The molecule has 2 heterocycles. The molecule has 0 amide bonds. The number of benzene rings is 1.